The minimum atomic E-state index is -0.653. The molecule has 5 nitrogen and oxygen atoms in total. The quantitative estimate of drug-likeness (QED) is 0.528. The van der Waals surface area contributed by atoms with E-state index in [0.29, 0.717) is 22.2 Å². The van der Waals surface area contributed by atoms with Crippen LogP contribution in [0.5, 0.6) is 5.75 Å². The molecule has 2 amide bonds. The molecule has 0 spiro atoms. The first-order valence-corrected chi connectivity index (χ1v) is 11.4. The Morgan fingerprint density at radius 1 is 1.03 bits per heavy atom. The van der Waals surface area contributed by atoms with Crippen molar-refractivity contribution in [3.05, 3.63) is 63.1 Å². The van der Waals surface area contributed by atoms with Gasteiger partial charge in [0.1, 0.15) is 11.8 Å². The van der Waals surface area contributed by atoms with E-state index in [-0.39, 0.29) is 25.0 Å². The van der Waals surface area contributed by atoms with Gasteiger partial charge in [0.15, 0.2) is 6.61 Å². The van der Waals surface area contributed by atoms with Gasteiger partial charge in [-0.05, 0) is 82.0 Å². The van der Waals surface area contributed by atoms with Gasteiger partial charge in [-0.1, -0.05) is 42.3 Å². The number of carbonyl (C=O) groups is 2. The maximum Gasteiger partial charge on any atom is 0.261 e. The van der Waals surface area contributed by atoms with Gasteiger partial charge in [-0.3, -0.25) is 9.59 Å². The Kier molecular flexibility index (Phi) is 8.99. The average molecular weight is 479 g/mol. The lowest BCUT2D eigenvalue weighted by Gasteiger charge is -2.33. The maximum absolute atomic E-state index is 13.3. The van der Waals surface area contributed by atoms with Crippen LogP contribution in [0.3, 0.4) is 0 Å². The smallest absolute Gasteiger partial charge is 0.261 e. The number of hydrogen-bond donors (Lipinski definition) is 1. The molecule has 1 atom stereocenters. The number of halogens is 2. The molecular formula is C25H32Cl2N2O3. The third kappa shape index (κ3) is 7.42. The second-order valence-electron chi connectivity index (χ2n) is 8.97. The summed E-state index contributed by atoms with van der Waals surface area (Å²) >= 11 is 12.2. The average Bonchev–Trinajstić information content (AvgIpc) is 2.69. The van der Waals surface area contributed by atoms with Gasteiger partial charge in [0.2, 0.25) is 5.91 Å². The summed E-state index contributed by atoms with van der Waals surface area (Å²) < 4.78 is 5.77. The Labute approximate surface area is 201 Å². The molecule has 2 aromatic carbocycles. The van der Waals surface area contributed by atoms with Crippen LogP contribution < -0.4 is 10.1 Å². The summed E-state index contributed by atoms with van der Waals surface area (Å²) in [7, 11) is 0. The van der Waals surface area contributed by atoms with Gasteiger partial charge in [0.05, 0.1) is 10.0 Å². The summed E-state index contributed by atoms with van der Waals surface area (Å²) in [6.07, 6.45) is 0.457. The van der Waals surface area contributed by atoms with Crippen molar-refractivity contribution in [1.29, 1.82) is 0 Å². The van der Waals surface area contributed by atoms with Crippen molar-refractivity contribution in [3.8, 4) is 5.75 Å². The summed E-state index contributed by atoms with van der Waals surface area (Å²) in [6.45, 7) is 11.6. The number of hydrogen-bond acceptors (Lipinski definition) is 3. The highest BCUT2D eigenvalue weighted by Gasteiger charge is 2.31. The monoisotopic (exact) mass is 478 g/mol. The zero-order chi connectivity index (χ0) is 24.1. The standard InChI is InChI=1S/C25H32Cl2N2O3/c1-7-22(24(31)28-25(4,5)6)29(14-18-9-11-20(26)21(27)13-18)23(30)15-32-19-10-8-16(2)17(3)12-19/h8-13,22H,7,14-15H2,1-6H3,(H,28,31)/t22-/m0/s1. The largest absolute Gasteiger partial charge is 0.484 e. The van der Waals surface area contributed by atoms with Gasteiger partial charge >= 0.3 is 0 Å². The Hall–Kier alpha value is -2.24. The molecule has 2 aromatic rings. The van der Waals surface area contributed by atoms with Crippen molar-refractivity contribution >= 4 is 35.0 Å². The molecule has 0 fully saturated rings. The van der Waals surface area contributed by atoms with Crippen LogP contribution in [0.25, 0.3) is 0 Å². The normalized spacial score (nSPS) is 12.2. The molecule has 0 saturated carbocycles. The van der Waals surface area contributed by atoms with Gasteiger partial charge in [0.25, 0.3) is 5.91 Å². The minimum absolute atomic E-state index is 0.177. The fraction of sp³-hybridized carbons (Fsp3) is 0.440. The molecule has 0 aromatic heterocycles. The predicted molar refractivity (Wildman–Crippen MR) is 130 cm³/mol. The number of carbonyl (C=O) groups excluding carboxylic acids is 2. The number of amides is 2. The summed E-state index contributed by atoms with van der Waals surface area (Å²) in [5.74, 6) is 0.118. The minimum Gasteiger partial charge on any atom is -0.484 e. The molecule has 174 valence electrons. The van der Waals surface area contributed by atoms with E-state index < -0.39 is 11.6 Å². The Morgan fingerprint density at radius 3 is 2.28 bits per heavy atom. The van der Waals surface area contributed by atoms with E-state index in [0.717, 1.165) is 16.7 Å². The summed E-state index contributed by atoms with van der Waals surface area (Å²) in [5, 5.41) is 3.81. The van der Waals surface area contributed by atoms with Crippen LogP contribution in [0.4, 0.5) is 0 Å². The van der Waals surface area contributed by atoms with E-state index in [4.69, 9.17) is 27.9 Å². The third-order valence-corrected chi connectivity index (χ3v) is 5.80. The van der Waals surface area contributed by atoms with Crippen molar-refractivity contribution < 1.29 is 14.3 Å². The topological polar surface area (TPSA) is 58.6 Å². The van der Waals surface area contributed by atoms with Gasteiger partial charge in [0, 0.05) is 12.1 Å². The number of nitrogens with one attached hydrogen (secondary N) is 1. The van der Waals surface area contributed by atoms with Gasteiger partial charge in [-0.2, -0.15) is 0 Å². The van der Waals surface area contributed by atoms with E-state index in [1.807, 2.05) is 59.7 Å². The van der Waals surface area contributed by atoms with Crippen LogP contribution in [0, 0.1) is 13.8 Å². The van der Waals surface area contributed by atoms with Crippen molar-refractivity contribution in [1.82, 2.24) is 10.2 Å². The van der Waals surface area contributed by atoms with Gasteiger partial charge in [-0.25, -0.2) is 0 Å². The molecule has 0 aliphatic carbocycles. The molecule has 0 saturated heterocycles. The highest BCUT2D eigenvalue weighted by Crippen LogP contribution is 2.24. The van der Waals surface area contributed by atoms with Crippen molar-refractivity contribution in [2.75, 3.05) is 6.61 Å². The van der Waals surface area contributed by atoms with Crippen LogP contribution in [-0.4, -0.2) is 34.9 Å². The fourth-order valence-electron chi connectivity index (χ4n) is 3.24. The number of ether oxygens (including phenoxy) is 1. The summed E-state index contributed by atoms with van der Waals surface area (Å²) in [5.41, 5.74) is 2.59. The molecular weight excluding hydrogens is 447 g/mol. The molecule has 7 heteroatoms. The Balaban J connectivity index is 2.27. The second kappa shape index (κ2) is 11.1. The molecule has 0 aliphatic heterocycles. The SMILES string of the molecule is CC[C@@H](C(=O)NC(C)(C)C)N(Cc1ccc(Cl)c(Cl)c1)C(=O)COc1ccc(C)c(C)c1. The van der Waals surface area contributed by atoms with Crippen LogP contribution in [-0.2, 0) is 16.1 Å². The molecule has 0 bridgehead atoms. The van der Waals surface area contributed by atoms with Gasteiger partial charge in [-0.15, -0.1) is 0 Å². The van der Waals surface area contributed by atoms with E-state index in [1.54, 1.807) is 23.1 Å². The van der Waals surface area contributed by atoms with Crippen LogP contribution in [0.2, 0.25) is 10.0 Å². The van der Waals surface area contributed by atoms with Crippen molar-refractivity contribution in [2.45, 2.75) is 66.1 Å². The fourth-order valence-corrected chi connectivity index (χ4v) is 3.56. The summed E-state index contributed by atoms with van der Waals surface area (Å²) in [4.78, 5) is 27.8. The lowest BCUT2D eigenvalue weighted by molar-refractivity contribution is -0.143. The van der Waals surface area contributed by atoms with E-state index in [1.165, 1.54) is 0 Å². The van der Waals surface area contributed by atoms with Crippen LogP contribution in [0.1, 0.15) is 50.8 Å². The summed E-state index contributed by atoms with van der Waals surface area (Å²) in [6, 6.07) is 10.2. The number of nitrogens with zero attached hydrogens (tertiary/aromatic N) is 1. The molecule has 1 N–H and O–H groups in total. The number of aryl methyl sites for hydroxylation is 2. The molecule has 2 rings (SSSR count). The van der Waals surface area contributed by atoms with E-state index >= 15 is 0 Å². The zero-order valence-corrected chi connectivity index (χ0v) is 21.1. The first-order chi connectivity index (χ1) is 14.9. The Bertz CT molecular complexity index is 970. The molecule has 0 radical (unpaired) electrons. The molecule has 0 heterocycles. The third-order valence-electron chi connectivity index (χ3n) is 5.06. The predicted octanol–water partition coefficient (Wildman–Crippen LogP) is 5.71. The first kappa shape index (κ1) is 26.0. The lowest BCUT2D eigenvalue weighted by atomic mass is 10.1. The van der Waals surface area contributed by atoms with E-state index in [2.05, 4.69) is 5.32 Å². The lowest BCUT2D eigenvalue weighted by Crippen LogP contribution is -2.54. The number of benzene rings is 2. The Morgan fingerprint density at radius 2 is 1.72 bits per heavy atom. The molecule has 32 heavy (non-hydrogen) atoms. The maximum atomic E-state index is 13.3. The molecule has 0 unspecified atom stereocenters. The van der Waals surface area contributed by atoms with Crippen molar-refractivity contribution in [3.63, 3.8) is 0 Å². The van der Waals surface area contributed by atoms with Crippen molar-refractivity contribution in [2.24, 2.45) is 0 Å². The highest BCUT2D eigenvalue weighted by molar-refractivity contribution is 6.42. The first-order valence-electron chi connectivity index (χ1n) is 10.7. The van der Waals surface area contributed by atoms with E-state index in [9.17, 15) is 9.59 Å². The van der Waals surface area contributed by atoms with Crippen LogP contribution >= 0.6 is 23.2 Å². The molecule has 0 aliphatic rings. The van der Waals surface area contributed by atoms with Crippen LogP contribution in [0.15, 0.2) is 36.4 Å². The highest BCUT2D eigenvalue weighted by atomic mass is 35.5. The zero-order valence-electron chi connectivity index (χ0n) is 19.6. The van der Waals surface area contributed by atoms with Gasteiger partial charge < -0.3 is 15.0 Å². The second-order valence-corrected chi connectivity index (χ2v) is 9.78. The number of rotatable bonds is 8.